The molecule has 2 aliphatic rings. The molecule has 0 aromatic heterocycles. The van der Waals surface area contributed by atoms with Crippen molar-refractivity contribution in [3.05, 3.63) is 52.6 Å². The fourth-order valence-electron chi connectivity index (χ4n) is 3.66. The van der Waals surface area contributed by atoms with E-state index in [1.54, 1.807) is 13.8 Å². The maximum Gasteiger partial charge on any atom is 0.243 e. The monoisotopic (exact) mass is 390 g/mol. The minimum Gasteiger partial charge on any atom is -0.454 e. The summed E-state index contributed by atoms with van der Waals surface area (Å²) in [5.74, 6) is 1.04. The number of aryl methyl sites for hydroxylation is 1. The first-order chi connectivity index (χ1) is 13.9. The average molecular weight is 390 g/mol. The van der Waals surface area contributed by atoms with Crippen molar-refractivity contribution in [3.63, 3.8) is 0 Å². The lowest BCUT2D eigenvalue weighted by atomic mass is 9.88. The summed E-state index contributed by atoms with van der Waals surface area (Å²) in [6, 6.07) is 11.7. The van der Waals surface area contributed by atoms with Gasteiger partial charge in [0.1, 0.15) is 0 Å². The summed E-state index contributed by atoms with van der Waals surface area (Å²) < 4.78 is 11.1. The van der Waals surface area contributed by atoms with Crippen LogP contribution < -0.4 is 15.2 Å². The molecule has 0 bridgehead atoms. The van der Waals surface area contributed by atoms with Gasteiger partial charge in [-0.1, -0.05) is 13.0 Å². The van der Waals surface area contributed by atoms with Gasteiger partial charge in [0.2, 0.25) is 12.7 Å². The van der Waals surface area contributed by atoms with Gasteiger partial charge in [-0.25, -0.2) is 5.01 Å². The van der Waals surface area contributed by atoms with E-state index in [1.165, 1.54) is 5.01 Å². The number of benzene rings is 2. The number of rotatable bonds is 2. The molecule has 0 saturated carbocycles. The summed E-state index contributed by atoms with van der Waals surface area (Å²) >= 11 is 0. The number of nitriles is 1. The van der Waals surface area contributed by atoms with Gasteiger partial charge in [0.15, 0.2) is 17.0 Å². The highest BCUT2D eigenvalue weighted by Gasteiger charge is 2.40. The van der Waals surface area contributed by atoms with E-state index in [2.05, 4.69) is 6.07 Å². The highest BCUT2D eigenvalue weighted by molar-refractivity contribution is 6.15. The number of hydrazone groups is 1. The molecule has 2 heterocycles. The Labute approximate surface area is 169 Å². The van der Waals surface area contributed by atoms with Crippen molar-refractivity contribution in [1.29, 1.82) is 5.26 Å². The summed E-state index contributed by atoms with van der Waals surface area (Å²) in [4.78, 5) is 12.7. The number of nitrogens with two attached hydrogens (primary N) is 1. The van der Waals surface area contributed by atoms with Crippen LogP contribution >= 0.6 is 0 Å². The predicted octanol–water partition coefficient (Wildman–Crippen LogP) is 3.14. The van der Waals surface area contributed by atoms with Crippen molar-refractivity contribution in [2.45, 2.75) is 39.2 Å². The van der Waals surface area contributed by atoms with E-state index < -0.39 is 5.54 Å². The van der Waals surface area contributed by atoms with Gasteiger partial charge < -0.3 is 15.2 Å². The molecule has 2 N–H and O–H groups in total. The quantitative estimate of drug-likeness (QED) is 0.794. The van der Waals surface area contributed by atoms with Crippen LogP contribution in [-0.4, -0.2) is 29.0 Å². The van der Waals surface area contributed by atoms with Crippen molar-refractivity contribution in [2.24, 2.45) is 5.10 Å². The molecule has 7 nitrogen and oxygen atoms in total. The molecule has 4 rings (SSSR count). The van der Waals surface area contributed by atoms with E-state index in [9.17, 15) is 10.1 Å². The van der Waals surface area contributed by atoms with Crippen LogP contribution in [0.4, 0.5) is 5.69 Å². The van der Waals surface area contributed by atoms with Crippen molar-refractivity contribution in [3.8, 4) is 17.6 Å². The summed E-state index contributed by atoms with van der Waals surface area (Å²) in [5, 5.41) is 16.0. The van der Waals surface area contributed by atoms with Crippen LogP contribution in [-0.2, 0) is 11.2 Å². The van der Waals surface area contributed by atoms with Gasteiger partial charge >= 0.3 is 0 Å². The van der Waals surface area contributed by atoms with Gasteiger partial charge in [-0.2, -0.15) is 10.4 Å². The molecular weight excluding hydrogens is 368 g/mol. The first-order valence-electron chi connectivity index (χ1n) is 9.48. The second-order valence-electron chi connectivity index (χ2n) is 7.50. The SMILES string of the molecule is CCC(=O)N1N=C(c2ccc(N)c(C)c2)c2cc3c(cc2CC1(C)C#N)OCO3. The molecule has 0 spiro atoms. The Hall–Kier alpha value is -3.53. The Balaban J connectivity index is 2.00. The summed E-state index contributed by atoms with van der Waals surface area (Å²) in [6.45, 7) is 5.57. The Morgan fingerprint density at radius 3 is 2.69 bits per heavy atom. The highest BCUT2D eigenvalue weighted by Crippen LogP contribution is 2.39. The lowest BCUT2D eigenvalue weighted by Crippen LogP contribution is -2.46. The van der Waals surface area contributed by atoms with Crippen molar-refractivity contribution in [1.82, 2.24) is 5.01 Å². The minimum atomic E-state index is -1.12. The van der Waals surface area contributed by atoms with Crippen molar-refractivity contribution >= 4 is 17.3 Å². The number of carbonyl (C=O) groups is 1. The third kappa shape index (κ3) is 3.07. The number of ether oxygens (including phenoxy) is 2. The van der Waals surface area contributed by atoms with Crippen LogP contribution in [0.2, 0.25) is 0 Å². The molecule has 1 amide bonds. The third-order valence-corrected chi connectivity index (χ3v) is 5.38. The summed E-state index contributed by atoms with van der Waals surface area (Å²) in [5.41, 5.74) is 9.56. The second-order valence-corrected chi connectivity index (χ2v) is 7.50. The zero-order valence-electron chi connectivity index (χ0n) is 16.7. The van der Waals surface area contributed by atoms with Gasteiger partial charge in [-0.15, -0.1) is 0 Å². The molecule has 0 aliphatic carbocycles. The van der Waals surface area contributed by atoms with Gasteiger partial charge in [-0.3, -0.25) is 4.79 Å². The van der Waals surface area contributed by atoms with E-state index in [-0.39, 0.29) is 19.1 Å². The Kier molecular flexibility index (Phi) is 4.42. The van der Waals surface area contributed by atoms with Crippen molar-refractivity contribution < 1.29 is 14.3 Å². The van der Waals surface area contributed by atoms with Gasteiger partial charge in [0.25, 0.3) is 0 Å². The molecule has 0 fully saturated rings. The molecule has 1 unspecified atom stereocenters. The third-order valence-electron chi connectivity index (χ3n) is 5.38. The first-order valence-corrected chi connectivity index (χ1v) is 9.48. The number of anilines is 1. The van der Waals surface area contributed by atoms with Crippen molar-refractivity contribution in [2.75, 3.05) is 12.5 Å². The summed E-state index contributed by atoms with van der Waals surface area (Å²) in [6.07, 6.45) is 0.566. The van der Waals surface area contributed by atoms with Crippen LogP contribution in [0.3, 0.4) is 0 Å². The zero-order valence-corrected chi connectivity index (χ0v) is 16.7. The molecule has 2 aromatic rings. The smallest absolute Gasteiger partial charge is 0.243 e. The Bertz CT molecular complexity index is 1090. The topological polar surface area (TPSA) is 101 Å². The molecule has 7 heteroatoms. The maximum absolute atomic E-state index is 12.7. The van der Waals surface area contributed by atoms with E-state index in [0.717, 1.165) is 22.3 Å². The fourth-order valence-corrected chi connectivity index (χ4v) is 3.66. The lowest BCUT2D eigenvalue weighted by molar-refractivity contribution is -0.134. The molecule has 2 aromatic carbocycles. The van der Waals surface area contributed by atoms with Gasteiger partial charge in [0, 0.05) is 29.7 Å². The molecule has 0 radical (unpaired) electrons. The molecule has 1 atom stereocenters. The second kappa shape index (κ2) is 6.82. The average Bonchev–Trinajstić information content (AvgIpc) is 3.12. The zero-order chi connectivity index (χ0) is 20.8. The Morgan fingerprint density at radius 2 is 2.03 bits per heavy atom. The van der Waals surface area contributed by atoms with Crippen LogP contribution in [0.15, 0.2) is 35.4 Å². The molecule has 29 heavy (non-hydrogen) atoms. The standard InChI is InChI=1S/C22H22N4O3/c1-4-20(27)26-22(3,11-23)10-15-8-18-19(29-12-28-18)9-16(15)21(25-26)14-5-6-17(24)13(2)7-14/h5-9H,4,10,12,24H2,1-3H3. The largest absolute Gasteiger partial charge is 0.454 e. The number of nitrogens with zero attached hydrogens (tertiary/aromatic N) is 3. The van der Waals surface area contributed by atoms with E-state index in [1.807, 2.05) is 37.3 Å². The van der Waals surface area contributed by atoms with Crippen LogP contribution in [0.1, 0.15) is 42.5 Å². The molecule has 148 valence electrons. The van der Waals surface area contributed by atoms with E-state index in [4.69, 9.17) is 20.3 Å². The number of nitrogen functional groups attached to an aromatic ring is 1. The Morgan fingerprint density at radius 1 is 1.31 bits per heavy atom. The number of hydrogen-bond acceptors (Lipinski definition) is 6. The first kappa shape index (κ1) is 18.8. The number of carbonyl (C=O) groups excluding carboxylic acids is 1. The number of fused-ring (bicyclic) bond motifs is 2. The minimum absolute atomic E-state index is 0.154. The maximum atomic E-state index is 12.7. The van der Waals surface area contributed by atoms with Crippen LogP contribution in [0, 0.1) is 18.3 Å². The van der Waals surface area contributed by atoms with E-state index >= 15 is 0 Å². The van der Waals surface area contributed by atoms with Crippen LogP contribution in [0.25, 0.3) is 0 Å². The van der Waals surface area contributed by atoms with Gasteiger partial charge in [-0.05, 0) is 49.2 Å². The van der Waals surface area contributed by atoms with Gasteiger partial charge in [0.05, 0.1) is 11.8 Å². The summed E-state index contributed by atoms with van der Waals surface area (Å²) in [7, 11) is 0. The molecular formula is C22H22N4O3. The number of hydrogen-bond donors (Lipinski definition) is 1. The fraction of sp³-hybridized carbons (Fsp3) is 0.318. The molecule has 0 saturated heterocycles. The highest BCUT2D eigenvalue weighted by atomic mass is 16.7. The van der Waals surface area contributed by atoms with E-state index in [0.29, 0.717) is 29.3 Å². The lowest BCUT2D eigenvalue weighted by Gasteiger charge is -2.30. The predicted molar refractivity (Wildman–Crippen MR) is 109 cm³/mol. The molecule has 2 aliphatic heterocycles. The number of amides is 1. The normalized spacial score (nSPS) is 19.8. The van der Waals surface area contributed by atoms with Crippen LogP contribution in [0.5, 0.6) is 11.5 Å².